The summed E-state index contributed by atoms with van der Waals surface area (Å²) in [6, 6.07) is 15.1. The zero-order valence-corrected chi connectivity index (χ0v) is 11.9. The topological polar surface area (TPSA) is 49.3 Å². The fraction of sp³-hybridized carbons (Fsp3) is 0.312. The molecule has 1 saturated carbocycles. The number of nitrogens with one attached hydrogen (secondary N) is 1. The lowest BCUT2D eigenvalue weighted by Gasteiger charge is -2.02. The number of rotatable bonds is 6. The molecule has 0 radical (unpaired) electrons. The van der Waals surface area contributed by atoms with E-state index >= 15 is 0 Å². The van der Waals surface area contributed by atoms with Gasteiger partial charge in [-0.2, -0.15) is 0 Å². The summed E-state index contributed by atoms with van der Waals surface area (Å²) in [6.45, 7) is 0.832. The molecule has 0 saturated heterocycles. The lowest BCUT2D eigenvalue weighted by Crippen LogP contribution is -2.16. The van der Waals surface area contributed by atoms with Crippen LogP contribution >= 0.6 is 11.3 Å². The Morgan fingerprint density at radius 1 is 1.20 bits per heavy atom. The molecule has 1 heterocycles. The summed E-state index contributed by atoms with van der Waals surface area (Å²) in [5.41, 5.74) is 1.41. The molecular weight excluding hydrogens is 270 g/mol. The highest BCUT2D eigenvalue weighted by Crippen LogP contribution is 2.40. The molecule has 20 heavy (non-hydrogen) atoms. The second-order valence-electron chi connectivity index (χ2n) is 5.18. The third-order valence-electron chi connectivity index (χ3n) is 3.60. The van der Waals surface area contributed by atoms with Crippen LogP contribution in [0.25, 0.3) is 0 Å². The predicted octanol–water partition coefficient (Wildman–Crippen LogP) is 3.02. The van der Waals surface area contributed by atoms with Gasteiger partial charge in [0.2, 0.25) is 0 Å². The lowest BCUT2D eigenvalue weighted by molar-refractivity contribution is -0.136. The van der Waals surface area contributed by atoms with Gasteiger partial charge in [-0.25, -0.2) is 0 Å². The third-order valence-corrected chi connectivity index (χ3v) is 4.68. The van der Waals surface area contributed by atoms with E-state index in [1.165, 1.54) is 16.9 Å². The Morgan fingerprint density at radius 3 is 2.70 bits per heavy atom. The van der Waals surface area contributed by atoms with Crippen molar-refractivity contribution in [2.24, 2.45) is 0 Å². The Labute approximate surface area is 122 Å². The van der Waals surface area contributed by atoms with Gasteiger partial charge >= 0.3 is 5.97 Å². The Bertz CT molecular complexity index is 594. The largest absolute Gasteiger partial charge is 0.481 e. The van der Waals surface area contributed by atoms with Gasteiger partial charge in [0.15, 0.2) is 0 Å². The molecule has 1 aromatic carbocycles. The highest BCUT2D eigenvalue weighted by Gasteiger charge is 2.37. The Kier molecular flexibility index (Phi) is 3.85. The van der Waals surface area contributed by atoms with E-state index in [4.69, 9.17) is 5.11 Å². The van der Waals surface area contributed by atoms with E-state index in [-0.39, 0.29) is 6.42 Å². The van der Waals surface area contributed by atoms with E-state index in [9.17, 15) is 4.79 Å². The second-order valence-corrected chi connectivity index (χ2v) is 6.43. The number of carboxylic acid groups (broad SMARTS) is 1. The Balaban J connectivity index is 1.49. The van der Waals surface area contributed by atoms with Crippen molar-refractivity contribution < 1.29 is 9.90 Å². The van der Waals surface area contributed by atoms with Crippen molar-refractivity contribution in [1.29, 1.82) is 0 Å². The summed E-state index contributed by atoms with van der Waals surface area (Å²) in [5, 5.41) is 12.3. The zero-order chi connectivity index (χ0) is 13.9. The van der Waals surface area contributed by atoms with Gasteiger partial charge in [0.1, 0.15) is 0 Å². The molecule has 2 N–H and O–H groups in total. The molecule has 4 heteroatoms. The number of benzene rings is 1. The third kappa shape index (κ3) is 3.26. The summed E-state index contributed by atoms with van der Waals surface area (Å²) in [7, 11) is 0. The monoisotopic (exact) mass is 287 g/mol. The molecule has 1 aromatic heterocycles. The minimum Gasteiger partial charge on any atom is -0.481 e. The Morgan fingerprint density at radius 2 is 1.95 bits per heavy atom. The molecule has 2 aromatic rings. The van der Waals surface area contributed by atoms with Crippen LogP contribution in [0.3, 0.4) is 0 Å². The van der Waals surface area contributed by atoms with E-state index in [2.05, 4.69) is 29.6 Å². The van der Waals surface area contributed by atoms with E-state index in [0.717, 1.165) is 11.4 Å². The first-order chi connectivity index (χ1) is 9.72. The molecule has 2 atom stereocenters. The first kappa shape index (κ1) is 13.3. The van der Waals surface area contributed by atoms with Gasteiger partial charge in [0.05, 0.1) is 6.42 Å². The predicted molar refractivity (Wildman–Crippen MR) is 80.1 cm³/mol. The average Bonchev–Trinajstić information content (AvgIpc) is 3.10. The van der Waals surface area contributed by atoms with Crippen LogP contribution in [0.5, 0.6) is 0 Å². The van der Waals surface area contributed by atoms with Gasteiger partial charge < -0.3 is 10.4 Å². The molecule has 1 aliphatic rings. The lowest BCUT2D eigenvalue weighted by atomic mass is 10.1. The molecule has 1 aliphatic carbocycles. The Hall–Kier alpha value is -1.65. The van der Waals surface area contributed by atoms with Crippen LogP contribution in [-0.2, 0) is 17.8 Å². The average molecular weight is 287 g/mol. The van der Waals surface area contributed by atoms with Gasteiger partial charge in [0.25, 0.3) is 0 Å². The summed E-state index contributed by atoms with van der Waals surface area (Å²) in [5.74, 6) is -0.132. The molecule has 3 nitrogen and oxygen atoms in total. The van der Waals surface area contributed by atoms with Gasteiger partial charge in [-0.05, 0) is 24.1 Å². The fourth-order valence-corrected chi connectivity index (χ4v) is 3.44. The molecule has 0 spiro atoms. The summed E-state index contributed by atoms with van der Waals surface area (Å²) < 4.78 is 0. The number of carbonyl (C=O) groups is 1. The number of hydrogen-bond acceptors (Lipinski definition) is 3. The van der Waals surface area contributed by atoms with Crippen molar-refractivity contribution >= 4 is 17.3 Å². The number of aliphatic carboxylic acids is 1. The van der Waals surface area contributed by atoms with Crippen LogP contribution in [0.2, 0.25) is 0 Å². The minimum absolute atomic E-state index is 0.126. The quantitative estimate of drug-likeness (QED) is 0.858. The van der Waals surface area contributed by atoms with E-state index in [1.807, 2.05) is 18.2 Å². The fourth-order valence-electron chi connectivity index (χ4n) is 2.48. The van der Waals surface area contributed by atoms with Crippen molar-refractivity contribution in [3.63, 3.8) is 0 Å². The van der Waals surface area contributed by atoms with Crippen molar-refractivity contribution in [2.75, 3.05) is 0 Å². The van der Waals surface area contributed by atoms with E-state index in [1.54, 1.807) is 11.3 Å². The number of thiophene rings is 1. The summed E-state index contributed by atoms with van der Waals surface area (Å²) in [6.07, 6.45) is 1.32. The summed E-state index contributed by atoms with van der Waals surface area (Å²) in [4.78, 5) is 12.8. The van der Waals surface area contributed by atoms with Crippen LogP contribution < -0.4 is 5.32 Å². The summed E-state index contributed by atoms with van der Waals surface area (Å²) >= 11 is 1.58. The van der Waals surface area contributed by atoms with Crippen LogP contribution in [-0.4, -0.2) is 17.1 Å². The maximum absolute atomic E-state index is 10.6. The molecular formula is C16H17NO2S. The highest BCUT2D eigenvalue weighted by molar-refractivity contribution is 7.12. The van der Waals surface area contributed by atoms with Crippen LogP contribution in [0.1, 0.15) is 27.7 Å². The molecule has 104 valence electrons. The van der Waals surface area contributed by atoms with Crippen LogP contribution in [0.15, 0.2) is 42.5 Å². The molecule has 0 aliphatic heterocycles. The van der Waals surface area contributed by atoms with Gasteiger partial charge in [-0.15, -0.1) is 11.3 Å². The van der Waals surface area contributed by atoms with Crippen molar-refractivity contribution in [3.05, 3.63) is 57.8 Å². The number of hydrogen-bond donors (Lipinski definition) is 2. The maximum Gasteiger partial charge on any atom is 0.308 e. The first-order valence-corrected chi connectivity index (χ1v) is 7.62. The normalized spacial score (nSPS) is 20.8. The maximum atomic E-state index is 10.6. The highest BCUT2D eigenvalue weighted by atomic mass is 32.1. The van der Waals surface area contributed by atoms with E-state index < -0.39 is 5.97 Å². The first-order valence-electron chi connectivity index (χ1n) is 6.80. The minimum atomic E-state index is -0.766. The second kappa shape index (κ2) is 5.77. The standard InChI is InChI=1S/C16H17NO2S/c18-16(19)8-12-6-7-13(20-12)10-17-15-9-14(15)11-4-2-1-3-5-11/h1-7,14-15,17H,8-10H2,(H,18,19). The van der Waals surface area contributed by atoms with Gasteiger partial charge in [0, 0.05) is 28.3 Å². The molecule has 1 fully saturated rings. The van der Waals surface area contributed by atoms with Gasteiger partial charge in [-0.3, -0.25) is 4.79 Å². The van der Waals surface area contributed by atoms with Crippen molar-refractivity contribution in [2.45, 2.75) is 31.3 Å². The SMILES string of the molecule is O=C(O)Cc1ccc(CNC2CC2c2ccccc2)s1. The van der Waals surface area contributed by atoms with Crippen LogP contribution in [0, 0.1) is 0 Å². The van der Waals surface area contributed by atoms with E-state index in [0.29, 0.717) is 12.0 Å². The molecule has 0 bridgehead atoms. The molecule has 0 amide bonds. The van der Waals surface area contributed by atoms with Crippen molar-refractivity contribution in [1.82, 2.24) is 5.32 Å². The van der Waals surface area contributed by atoms with Gasteiger partial charge in [-0.1, -0.05) is 30.3 Å². The molecule has 3 rings (SSSR count). The molecule has 2 unspecified atom stereocenters. The van der Waals surface area contributed by atoms with Crippen molar-refractivity contribution in [3.8, 4) is 0 Å². The van der Waals surface area contributed by atoms with Crippen LogP contribution in [0.4, 0.5) is 0 Å². The smallest absolute Gasteiger partial charge is 0.308 e. The zero-order valence-electron chi connectivity index (χ0n) is 11.1. The number of carboxylic acids is 1.